The van der Waals surface area contributed by atoms with Gasteiger partial charge in [-0.15, -0.1) is 0 Å². The van der Waals surface area contributed by atoms with Crippen LogP contribution >= 0.6 is 0 Å². The van der Waals surface area contributed by atoms with Gasteiger partial charge in [0, 0.05) is 18.1 Å². The van der Waals surface area contributed by atoms with Gasteiger partial charge in [0.05, 0.1) is 17.4 Å². The Bertz CT molecular complexity index is 647. The second-order valence-corrected chi connectivity index (χ2v) is 13.5. The van der Waals surface area contributed by atoms with Crippen LogP contribution < -0.4 is 16.8 Å². The summed E-state index contributed by atoms with van der Waals surface area (Å²) in [6.07, 6.45) is 14.5. The number of aliphatic hydroxyl groups is 1. The average molecular weight is 464 g/mol. The third kappa shape index (κ3) is 5.63. The molecule has 0 aromatic rings. The maximum absolute atomic E-state index is 9.85. The molecule has 2 saturated carbocycles. The van der Waals surface area contributed by atoms with E-state index >= 15 is 0 Å². The van der Waals surface area contributed by atoms with Gasteiger partial charge < -0.3 is 26.6 Å². The van der Waals surface area contributed by atoms with Crippen LogP contribution in [0.15, 0.2) is 0 Å². The lowest BCUT2D eigenvalue weighted by Crippen LogP contribution is -2.72. The SMILES string of the molecule is CC(C)CCC1CC(CC2CCC(N)NC2)CC(C23CCC(C(N)(CCO)C2)C(C)(C)O3)C1. The second kappa shape index (κ2) is 10.0. The van der Waals surface area contributed by atoms with Crippen molar-refractivity contribution in [3.63, 3.8) is 0 Å². The maximum atomic E-state index is 9.85. The molecule has 0 aromatic carbocycles. The highest BCUT2D eigenvalue weighted by atomic mass is 16.5. The molecule has 5 heteroatoms. The fourth-order valence-corrected chi connectivity index (χ4v) is 8.67. The summed E-state index contributed by atoms with van der Waals surface area (Å²) in [5.74, 6) is 4.06. The third-order valence-corrected chi connectivity index (χ3v) is 10.1. The zero-order chi connectivity index (χ0) is 23.9. The first-order valence-corrected chi connectivity index (χ1v) is 14.1. The second-order valence-electron chi connectivity index (χ2n) is 13.5. The van der Waals surface area contributed by atoms with Crippen molar-refractivity contribution >= 4 is 0 Å². The number of piperidine rings is 1. The third-order valence-electron chi connectivity index (χ3n) is 10.1. The number of nitrogens with two attached hydrogens (primary N) is 2. The number of rotatable bonds is 8. The molecule has 3 aliphatic heterocycles. The molecule has 192 valence electrons. The van der Waals surface area contributed by atoms with Crippen LogP contribution in [0.5, 0.6) is 0 Å². The Morgan fingerprint density at radius 3 is 2.45 bits per heavy atom. The summed E-state index contributed by atoms with van der Waals surface area (Å²) in [4.78, 5) is 0. The van der Waals surface area contributed by atoms with E-state index in [4.69, 9.17) is 16.2 Å². The number of hydrogen-bond acceptors (Lipinski definition) is 5. The Morgan fingerprint density at radius 2 is 1.82 bits per heavy atom. The van der Waals surface area contributed by atoms with Crippen molar-refractivity contribution in [2.45, 2.75) is 128 Å². The monoisotopic (exact) mass is 463 g/mol. The highest BCUT2D eigenvalue weighted by molar-refractivity contribution is 5.15. The molecule has 8 unspecified atom stereocenters. The van der Waals surface area contributed by atoms with E-state index in [9.17, 15) is 5.11 Å². The summed E-state index contributed by atoms with van der Waals surface area (Å²) in [6, 6.07) is 0. The van der Waals surface area contributed by atoms with Crippen LogP contribution in [0.25, 0.3) is 0 Å². The summed E-state index contributed by atoms with van der Waals surface area (Å²) in [7, 11) is 0. The molecule has 33 heavy (non-hydrogen) atoms. The summed E-state index contributed by atoms with van der Waals surface area (Å²) in [5.41, 5.74) is 12.6. The predicted molar refractivity (Wildman–Crippen MR) is 136 cm³/mol. The summed E-state index contributed by atoms with van der Waals surface area (Å²) >= 11 is 0. The fraction of sp³-hybridized carbons (Fsp3) is 1.00. The van der Waals surface area contributed by atoms with Gasteiger partial charge >= 0.3 is 0 Å². The molecule has 3 saturated heterocycles. The van der Waals surface area contributed by atoms with Crippen LogP contribution in [0.3, 0.4) is 0 Å². The van der Waals surface area contributed by atoms with Crippen LogP contribution in [0, 0.1) is 35.5 Å². The molecule has 5 aliphatic rings. The van der Waals surface area contributed by atoms with E-state index in [1.165, 1.54) is 44.9 Å². The quantitative estimate of drug-likeness (QED) is 0.423. The lowest BCUT2D eigenvalue weighted by Gasteiger charge is -2.65. The lowest BCUT2D eigenvalue weighted by atomic mass is 9.52. The summed E-state index contributed by atoms with van der Waals surface area (Å²) < 4.78 is 7.08. The minimum absolute atomic E-state index is 0.107. The molecule has 6 N–H and O–H groups in total. The Morgan fingerprint density at radius 1 is 1.06 bits per heavy atom. The van der Waals surface area contributed by atoms with Gasteiger partial charge in [0.15, 0.2) is 0 Å². The van der Waals surface area contributed by atoms with Crippen LogP contribution in [-0.4, -0.2) is 41.2 Å². The molecule has 8 atom stereocenters. The Labute approximate surface area is 203 Å². The van der Waals surface area contributed by atoms with Crippen LogP contribution in [0.2, 0.25) is 0 Å². The summed E-state index contributed by atoms with van der Waals surface area (Å²) in [6.45, 7) is 10.5. The Hall–Kier alpha value is -0.200. The Kier molecular flexibility index (Phi) is 7.88. The van der Waals surface area contributed by atoms with E-state index in [-0.39, 0.29) is 29.5 Å². The van der Waals surface area contributed by atoms with Crippen LogP contribution in [-0.2, 0) is 4.74 Å². The molecule has 0 spiro atoms. The Balaban J connectivity index is 1.53. The van der Waals surface area contributed by atoms with Gasteiger partial charge in [-0.1, -0.05) is 26.7 Å². The fourth-order valence-electron chi connectivity index (χ4n) is 8.67. The van der Waals surface area contributed by atoms with Crippen LogP contribution in [0.4, 0.5) is 0 Å². The highest BCUT2D eigenvalue weighted by Crippen LogP contribution is 2.60. The molecule has 0 amide bonds. The molecule has 0 aromatic heterocycles. The zero-order valence-electron chi connectivity index (χ0n) is 22.0. The largest absolute Gasteiger partial charge is 0.396 e. The minimum atomic E-state index is -0.293. The van der Waals surface area contributed by atoms with E-state index in [1.54, 1.807) is 0 Å². The molecular weight excluding hydrogens is 410 g/mol. The number of nitrogens with one attached hydrogen (secondary N) is 1. The predicted octanol–water partition coefficient (Wildman–Crippen LogP) is 4.56. The van der Waals surface area contributed by atoms with Crippen LogP contribution in [0.1, 0.15) is 105 Å². The smallest absolute Gasteiger partial charge is 0.0735 e. The molecule has 2 aliphatic carbocycles. The maximum Gasteiger partial charge on any atom is 0.0735 e. The molecule has 5 nitrogen and oxygen atoms in total. The van der Waals surface area contributed by atoms with Gasteiger partial charge in [-0.2, -0.15) is 0 Å². The number of hydrogen-bond donors (Lipinski definition) is 4. The zero-order valence-corrected chi connectivity index (χ0v) is 22.0. The van der Waals surface area contributed by atoms with Crippen molar-refractivity contribution < 1.29 is 9.84 Å². The van der Waals surface area contributed by atoms with Crippen molar-refractivity contribution in [3.05, 3.63) is 0 Å². The van der Waals surface area contributed by atoms with Gasteiger partial charge in [-0.05, 0) is 114 Å². The minimum Gasteiger partial charge on any atom is -0.396 e. The highest BCUT2D eigenvalue weighted by Gasteiger charge is 2.63. The normalized spacial score (nSPS) is 45.5. The summed E-state index contributed by atoms with van der Waals surface area (Å²) in [5, 5.41) is 13.4. The lowest BCUT2D eigenvalue weighted by molar-refractivity contribution is -0.289. The number of ether oxygens (including phenoxy) is 1. The molecular formula is C28H53N3O2. The topological polar surface area (TPSA) is 93.5 Å². The number of fused-ring (bicyclic) bond motifs is 3. The average Bonchev–Trinajstić information content (AvgIpc) is 2.73. The van der Waals surface area contributed by atoms with Crippen molar-refractivity contribution in [1.29, 1.82) is 0 Å². The number of aliphatic hydroxyl groups excluding tert-OH is 1. The standard InChI is InChI=1S/C28H53N3O2/c1-19(2)5-6-20-13-22(14-21-7-8-25(29)31-17-21)16-23(15-20)28-10-9-24(26(3,4)33-28)27(30,18-28)11-12-32/h19-25,31-32H,5-18,29-30H2,1-4H3. The molecule has 2 bridgehead atoms. The van der Waals surface area contributed by atoms with Gasteiger partial charge in [0.25, 0.3) is 0 Å². The van der Waals surface area contributed by atoms with Gasteiger partial charge in [-0.25, -0.2) is 0 Å². The molecule has 5 fully saturated rings. The van der Waals surface area contributed by atoms with E-state index in [2.05, 4.69) is 33.0 Å². The van der Waals surface area contributed by atoms with E-state index in [0.717, 1.165) is 55.9 Å². The first-order valence-electron chi connectivity index (χ1n) is 14.1. The van der Waals surface area contributed by atoms with E-state index in [1.807, 2.05) is 0 Å². The first-order chi connectivity index (χ1) is 15.6. The van der Waals surface area contributed by atoms with Crippen molar-refractivity contribution in [3.8, 4) is 0 Å². The van der Waals surface area contributed by atoms with Crippen molar-refractivity contribution in [2.24, 2.45) is 47.0 Å². The van der Waals surface area contributed by atoms with Crippen molar-refractivity contribution in [1.82, 2.24) is 5.32 Å². The molecule has 5 rings (SSSR count). The molecule has 0 radical (unpaired) electrons. The van der Waals surface area contributed by atoms with Crippen molar-refractivity contribution in [2.75, 3.05) is 13.2 Å². The van der Waals surface area contributed by atoms with E-state index in [0.29, 0.717) is 18.3 Å². The first kappa shape index (κ1) is 25.9. The van der Waals surface area contributed by atoms with E-state index < -0.39 is 0 Å². The van der Waals surface area contributed by atoms with Gasteiger partial charge in [-0.3, -0.25) is 0 Å². The van der Waals surface area contributed by atoms with Gasteiger partial charge in [0.1, 0.15) is 0 Å². The molecule has 3 heterocycles. The van der Waals surface area contributed by atoms with Gasteiger partial charge in [0.2, 0.25) is 0 Å².